The number of aromatic nitrogens is 1. The Morgan fingerprint density at radius 2 is 1.95 bits per heavy atom. The fraction of sp³-hybridized carbons (Fsp3) is 0.188. The molecule has 3 rings (SSSR count). The molecule has 0 aliphatic heterocycles. The van der Waals surface area contributed by atoms with E-state index in [4.69, 9.17) is 4.42 Å². The number of pyridine rings is 1. The quantitative estimate of drug-likeness (QED) is 0.769. The smallest absolute Gasteiger partial charge is 0.134 e. The summed E-state index contributed by atoms with van der Waals surface area (Å²) < 4.78 is 5.78. The summed E-state index contributed by atoms with van der Waals surface area (Å²) in [5.41, 5.74) is 2.17. The Bertz CT molecular complexity index is 628. The highest BCUT2D eigenvalue weighted by molar-refractivity contribution is 5.77. The Morgan fingerprint density at radius 3 is 2.74 bits per heavy atom. The molecule has 1 unspecified atom stereocenters. The molecule has 96 valence electrons. The molecule has 1 aromatic carbocycles. The lowest BCUT2D eigenvalue weighted by atomic mass is 10.1. The molecular formula is C16H16N2O. The lowest BCUT2D eigenvalue weighted by Crippen LogP contribution is -2.17. The van der Waals surface area contributed by atoms with E-state index in [2.05, 4.69) is 29.4 Å². The second-order valence-electron chi connectivity index (χ2n) is 4.63. The van der Waals surface area contributed by atoms with Gasteiger partial charge in [-0.2, -0.15) is 0 Å². The largest absolute Gasteiger partial charge is 0.460 e. The number of para-hydroxylation sites is 1. The summed E-state index contributed by atoms with van der Waals surface area (Å²) in [4.78, 5) is 4.03. The summed E-state index contributed by atoms with van der Waals surface area (Å²) in [5.74, 6) is 0.960. The van der Waals surface area contributed by atoms with Crippen molar-refractivity contribution in [3.8, 4) is 0 Å². The van der Waals surface area contributed by atoms with Gasteiger partial charge in [-0.3, -0.25) is 4.98 Å². The van der Waals surface area contributed by atoms with Crippen LogP contribution < -0.4 is 5.32 Å². The fourth-order valence-corrected chi connectivity index (χ4v) is 2.15. The third kappa shape index (κ3) is 2.66. The predicted octanol–water partition coefficient (Wildman–Crippen LogP) is 3.68. The maximum Gasteiger partial charge on any atom is 0.134 e. The van der Waals surface area contributed by atoms with E-state index in [0.717, 1.165) is 23.3 Å². The van der Waals surface area contributed by atoms with Crippen LogP contribution in [0.5, 0.6) is 0 Å². The zero-order valence-electron chi connectivity index (χ0n) is 10.8. The Hall–Kier alpha value is -2.13. The van der Waals surface area contributed by atoms with Crippen LogP contribution in [0.2, 0.25) is 0 Å². The van der Waals surface area contributed by atoms with E-state index in [9.17, 15) is 0 Å². The van der Waals surface area contributed by atoms with Crippen LogP contribution in [-0.2, 0) is 6.54 Å². The lowest BCUT2D eigenvalue weighted by molar-refractivity contribution is 0.482. The van der Waals surface area contributed by atoms with Crippen molar-refractivity contribution in [3.05, 3.63) is 66.2 Å². The number of nitrogens with one attached hydrogen (secondary N) is 1. The topological polar surface area (TPSA) is 38.1 Å². The van der Waals surface area contributed by atoms with E-state index in [1.807, 2.05) is 42.7 Å². The van der Waals surface area contributed by atoms with Crippen molar-refractivity contribution in [3.63, 3.8) is 0 Å². The van der Waals surface area contributed by atoms with Crippen LogP contribution in [0.3, 0.4) is 0 Å². The van der Waals surface area contributed by atoms with Crippen LogP contribution in [0.4, 0.5) is 0 Å². The third-order valence-electron chi connectivity index (χ3n) is 3.27. The maximum atomic E-state index is 5.78. The lowest BCUT2D eigenvalue weighted by Gasteiger charge is -2.12. The molecule has 1 atom stereocenters. The molecule has 0 fully saturated rings. The minimum Gasteiger partial charge on any atom is -0.460 e. The van der Waals surface area contributed by atoms with E-state index >= 15 is 0 Å². The number of hydrogen-bond donors (Lipinski definition) is 1. The number of nitrogens with zero attached hydrogens (tertiary/aromatic N) is 1. The monoisotopic (exact) mass is 252 g/mol. The first-order chi connectivity index (χ1) is 9.33. The molecule has 0 saturated heterocycles. The molecule has 3 aromatic rings. The molecule has 3 heteroatoms. The van der Waals surface area contributed by atoms with Gasteiger partial charge in [0.1, 0.15) is 11.3 Å². The molecule has 0 bridgehead atoms. The van der Waals surface area contributed by atoms with E-state index in [1.165, 1.54) is 5.56 Å². The average Bonchev–Trinajstić information content (AvgIpc) is 2.88. The zero-order valence-corrected chi connectivity index (χ0v) is 10.8. The van der Waals surface area contributed by atoms with Crippen molar-refractivity contribution in [2.75, 3.05) is 0 Å². The normalized spacial score (nSPS) is 12.7. The molecule has 0 aliphatic carbocycles. The summed E-state index contributed by atoms with van der Waals surface area (Å²) >= 11 is 0. The number of furan rings is 1. The predicted molar refractivity (Wildman–Crippen MR) is 75.7 cm³/mol. The number of rotatable bonds is 4. The van der Waals surface area contributed by atoms with Crippen molar-refractivity contribution in [2.45, 2.75) is 19.5 Å². The first-order valence-corrected chi connectivity index (χ1v) is 6.44. The van der Waals surface area contributed by atoms with E-state index < -0.39 is 0 Å². The van der Waals surface area contributed by atoms with Crippen molar-refractivity contribution < 1.29 is 4.42 Å². The molecule has 0 amide bonds. The maximum absolute atomic E-state index is 5.78. The van der Waals surface area contributed by atoms with Crippen molar-refractivity contribution in [1.82, 2.24) is 10.3 Å². The van der Waals surface area contributed by atoms with Crippen molar-refractivity contribution in [2.24, 2.45) is 0 Å². The van der Waals surface area contributed by atoms with E-state index in [1.54, 1.807) is 0 Å². The minimum absolute atomic E-state index is 0.274. The molecule has 2 heterocycles. The minimum atomic E-state index is 0.274. The average molecular weight is 252 g/mol. The van der Waals surface area contributed by atoms with Crippen LogP contribution in [0.25, 0.3) is 11.0 Å². The fourth-order valence-electron chi connectivity index (χ4n) is 2.15. The van der Waals surface area contributed by atoms with Crippen LogP contribution in [0.1, 0.15) is 24.3 Å². The number of hydrogen-bond acceptors (Lipinski definition) is 3. The van der Waals surface area contributed by atoms with Gasteiger partial charge < -0.3 is 9.73 Å². The Labute approximate surface area is 112 Å². The van der Waals surface area contributed by atoms with Crippen LogP contribution in [0, 0.1) is 0 Å². The highest BCUT2D eigenvalue weighted by Crippen LogP contribution is 2.19. The molecular weight excluding hydrogens is 236 g/mol. The Morgan fingerprint density at radius 1 is 1.16 bits per heavy atom. The standard InChI is InChI=1S/C16H16N2O/c1-12(13-6-8-17-9-7-13)18-11-15-10-14-4-2-3-5-16(14)19-15/h2-10,12,18H,11H2,1H3. The molecule has 0 spiro atoms. The Kier molecular flexibility index (Phi) is 3.29. The van der Waals surface area contributed by atoms with Gasteiger partial charge in [-0.05, 0) is 36.8 Å². The SMILES string of the molecule is CC(NCc1cc2ccccc2o1)c1ccncc1. The molecule has 1 N–H and O–H groups in total. The number of benzene rings is 1. The molecule has 0 radical (unpaired) electrons. The summed E-state index contributed by atoms with van der Waals surface area (Å²) in [6.07, 6.45) is 3.63. The first kappa shape index (κ1) is 11.9. The number of fused-ring (bicyclic) bond motifs is 1. The van der Waals surface area contributed by atoms with Gasteiger partial charge in [0.2, 0.25) is 0 Å². The van der Waals surface area contributed by atoms with Gasteiger partial charge in [0.05, 0.1) is 6.54 Å². The van der Waals surface area contributed by atoms with E-state index in [0.29, 0.717) is 0 Å². The second-order valence-corrected chi connectivity index (χ2v) is 4.63. The zero-order chi connectivity index (χ0) is 13.1. The summed E-state index contributed by atoms with van der Waals surface area (Å²) in [6.45, 7) is 2.86. The van der Waals surface area contributed by atoms with Gasteiger partial charge in [0, 0.05) is 23.8 Å². The first-order valence-electron chi connectivity index (χ1n) is 6.44. The van der Waals surface area contributed by atoms with Gasteiger partial charge in [0.15, 0.2) is 0 Å². The van der Waals surface area contributed by atoms with Gasteiger partial charge in [-0.25, -0.2) is 0 Å². The highest BCUT2D eigenvalue weighted by atomic mass is 16.3. The Balaban J connectivity index is 1.69. The summed E-state index contributed by atoms with van der Waals surface area (Å²) in [5, 5.41) is 4.60. The van der Waals surface area contributed by atoms with Crippen LogP contribution in [0.15, 0.2) is 59.3 Å². The molecule has 2 aromatic heterocycles. The van der Waals surface area contributed by atoms with Crippen molar-refractivity contribution in [1.29, 1.82) is 0 Å². The second kappa shape index (κ2) is 5.24. The van der Waals surface area contributed by atoms with Crippen LogP contribution in [-0.4, -0.2) is 4.98 Å². The molecule has 0 saturated carbocycles. The third-order valence-corrected chi connectivity index (χ3v) is 3.27. The molecule has 0 aliphatic rings. The van der Waals surface area contributed by atoms with Crippen molar-refractivity contribution >= 4 is 11.0 Å². The molecule has 19 heavy (non-hydrogen) atoms. The van der Waals surface area contributed by atoms with Crippen LogP contribution >= 0.6 is 0 Å². The highest BCUT2D eigenvalue weighted by Gasteiger charge is 2.07. The van der Waals surface area contributed by atoms with Gasteiger partial charge in [0.25, 0.3) is 0 Å². The van der Waals surface area contributed by atoms with E-state index in [-0.39, 0.29) is 6.04 Å². The molecule has 3 nitrogen and oxygen atoms in total. The van der Waals surface area contributed by atoms with Gasteiger partial charge in [-0.1, -0.05) is 18.2 Å². The van der Waals surface area contributed by atoms with Gasteiger partial charge in [-0.15, -0.1) is 0 Å². The van der Waals surface area contributed by atoms with Gasteiger partial charge >= 0.3 is 0 Å². The summed E-state index contributed by atoms with van der Waals surface area (Å²) in [6, 6.07) is 14.5. The summed E-state index contributed by atoms with van der Waals surface area (Å²) in [7, 11) is 0.